The fourth-order valence-electron chi connectivity index (χ4n) is 8.02. The summed E-state index contributed by atoms with van der Waals surface area (Å²) in [6.07, 6.45) is 57.6. The summed E-state index contributed by atoms with van der Waals surface area (Å²) in [6.45, 7) is 9.43. The molecule has 2 heteroatoms. The molecule has 48 heavy (non-hydrogen) atoms. The van der Waals surface area contributed by atoms with Gasteiger partial charge in [0, 0.05) is 0 Å². The van der Waals surface area contributed by atoms with E-state index in [1.54, 1.807) is 5.82 Å². The van der Waals surface area contributed by atoms with E-state index in [9.17, 15) is 0 Å². The smallest absolute Gasteiger partial charge is 0.247 e. The van der Waals surface area contributed by atoms with E-state index in [0.29, 0.717) is 12.0 Å². The molecule has 0 amide bonds. The zero-order valence-electron chi connectivity index (χ0n) is 33.9. The quantitative estimate of drug-likeness (QED) is 0.0531. The normalized spacial score (nSPS) is 12.4. The summed E-state index contributed by atoms with van der Waals surface area (Å²) in [5.74, 6) is 2.25. The zero-order valence-corrected chi connectivity index (χ0v) is 33.9. The molecule has 0 saturated heterocycles. The summed E-state index contributed by atoms with van der Waals surface area (Å²) in [7, 11) is 0. The molecule has 1 rings (SSSR count). The molecule has 1 aromatic heterocycles. The summed E-state index contributed by atoms with van der Waals surface area (Å²) in [5, 5.41) is 0. The summed E-state index contributed by atoms with van der Waals surface area (Å²) in [4.78, 5) is 3.78. The van der Waals surface area contributed by atoms with Gasteiger partial charge in [-0.1, -0.05) is 233 Å². The minimum Gasteiger partial charge on any atom is -0.247 e. The summed E-state index contributed by atoms with van der Waals surface area (Å²) in [5.41, 5.74) is 0. The van der Waals surface area contributed by atoms with E-state index < -0.39 is 0 Å². The van der Waals surface area contributed by atoms with Crippen molar-refractivity contribution < 1.29 is 4.57 Å². The molecule has 2 nitrogen and oxygen atoms in total. The van der Waals surface area contributed by atoms with Gasteiger partial charge in [-0.3, -0.25) is 0 Å². The van der Waals surface area contributed by atoms with E-state index in [0.717, 1.165) is 0 Å². The maximum Gasteiger partial charge on any atom is 0.257 e. The van der Waals surface area contributed by atoms with Crippen LogP contribution in [0.2, 0.25) is 0 Å². The largest absolute Gasteiger partial charge is 0.257 e. The highest BCUT2D eigenvalue weighted by Crippen LogP contribution is 2.27. The highest BCUT2D eigenvalue weighted by Gasteiger charge is 2.25. The predicted molar refractivity (Wildman–Crippen MR) is 216 cm³/mol. The van der Waals surface area contributed by atoms with Crippen LogP contribution in [0.5, 0.6) is 0 Å². The fourth-order valence-corrected chi connectivity index (χ4v) is 8.02. The number of H-pyrrole nitrogens is 1. The van der Waals surface area contributed by atoms with Crippen molar-refractivity contribution >= 4 is 0 Å². The van der Waals surface area contributed by atoms with Crippen LogP contribution in [0.25, 0.3) is 0 Å². The Morgan fingerprint density at radius 1 is 0.396 bits per heavy atom. The number of unbranched alkanes of at least 4 members (excludes halogenated alkanes) is 31. The molecular formula is C46H91N2+. The number of aromatic nitrogens is 2. The van der Waals surface area contributed by atoms with Crippen molar-refractivity contribution in [1.29, 1.82) is 0 Å². The minimum absolute atomic E-state index is 0.617. The molecule has 0 aliphatic heterocycles. The van der Waals surface area contributed by atoms with Crippen molar-refractivity contribution in [3.8, 4) is 0 Å². The lowest BCUT2D eigenvalue weighted by Gasteiger charge is -2.17. The van der Waals surface area contributed by atoms with Crippen molar-refractivity contribution in [3.05, 3.63) is 18.2 Å². The van der Waals surface area contributed by atoms with Crippen LogP contribution in [0.4, 0.5) is 0 Å². The lowest BCUT2D eigenvalue weighted by Crippen LogP contribution is -2.41. The first kappa shape index (κ1) is 45.2. The zero-order chi connectivity index (χ0) is 34.6. The first-order chi connectivity index (χ1) is 23.7. The van der Waals surface area contributed by atoms with Crippen LogP contribution in [-0.2, 0) is 0 Å². The van der Waals surface area contributed by atoms with E-state index in [-0.39, 0.29) is 0 Å². The van der Waals surface area contributed by atoms with Crippen LogP contribution in [-0.4, -0.2) is 4.98 Å². The summed E-state index contributed by atoms with van der Waals surface area (Å²) < 4.78 is 2.65. The number of hydrogen-bond acceptors (Lipinski definition) is 0. The molecular weight excluding hydrogens is 581 g/mol. The van der Waals surface area contributed by atoms with Crippen molar-refractivity contribution in [2.24, 2.45) is 0 Å². The first-order valence-electron chi connectivity index (χ1n) is 22.8. The minimum atomic E-state index is 0.617. The molecule has 1 atom stereocenters. The van der Waals surface area contributed by atoms with Crippen LogP contribution in [0.1, 0.15) is 283 Å². The fraction of sp³-hybridized carbons (Fsp3) is 0.935. The Morgan fingerprint density at radius 2 is 0.667 bits per heavy atom. The number of rotatable bonds is 39. The predicted octanol–water partition coefficient (Wildman–Crippen LogP) is 16.4. The van der Waals surface area contributed by atoms with E-state index >= 15 is 0 Å². The third-order valence-corrected chi connectivity index (χ3v) is 11.4. The van der Waals surface area contributed by atoms with Crippen LogP contribution >= 0.6 is 0 Å². The van der Waals surface area contributed by atoms with Gasteiger partial charge >= 0.3 is 0 Å². The molecule has 1 heterocycles. The number of nitrogens with one attached hydrogen (secondary N) is 1. The standard InChI is InChI=1S/C46H90N2/c1-5-8-11-14-17-20-23-26-27-30-33-36-39-44(4)48-43-42-47-46(48)45(40-37-34-31-28-24-21-18-15-12-9-6-2)41-38-35-32-29-25-22-19-16-13-10-7-3/h42-45H,5-41H2,1-4H3/p+1. The average molecular weight is 672 g/mol. The number of hydrogen-bond donors (Lipinski definition) is 1. The molecule has 284 valence electrons. The van der Waals surface area contributed by atoms with Gasteiger partial charge in [-0.2, -0.15) is 0 Å². The molecule has 0 saturated carbocycles. The second-order valence-electron chi connectivity index (χ2n) is 16.1. The first-order valence-corrected chi connectivity index (χ1v) is 22.8. The second kappa shape index (κ2) is 36.0. The van der Waals surface area contributed by atoms with Gasteiger partial charge in [-0.05, 0) is 32.6 Å². The van der Waals surface area contributed by atoms with Gasteiger partial charge in [-0.15, -0.1) is 0 Å². The number of imidazole rings is 1. The summed E-state index contributed by atoms with van der Waals surface area (Å²) in [6, 6.07) is 0.617. The highest BCUT2D eigenvalue weighted by molar-refractivity contribution is 4.90. The third-order valence-electron chi connectivity index (χ3n) is 11.4. The van der Waals surface area contributed by atoms with E-state index in [4.69, 9.17) is 0 Å². The van der Waals surface area contributed by atoms with Gasteiger partial charge < -0.3 is 0 Å². The van der Waals surface area contributed by atoms with Crippen molar-refractivity contribution in [2.45, 2.75) is 277 Å². The maximum atomic E-state index is 3.78. The molecule has 0 fully saturated rings. The Balaban J connectivity index is 2.39. The molecule has 0 radical (unpaired) electrons. The van der Waals surface area contributed by atoms with Gasteiger partial charge in [0.1, 0.15) is 12.4 Å². The molecule has 1 unspecified atom stereocenters. The molecule has 0 spiro atoms. The molecule has 1 aromatic rings. The lowest BCUT2D eigenvalue weighted by molar-refractivity contribution is -0.727. The molecule has 0 bridgehead atoms. The molecule has 1 N–H and O–H groups in total. The van der Waals surface area contributed by atoms with Gasteiger partial charge in [0.05, 0.1) is 12.0 Å². The highest BCUT2D eigenvalue weighted by atomic mass is 15.1. The van der Waals surface area contributed by atoms with Gasteiger partial charge in [0.25, 0.3) is 5.82 Å². The Morgan fingerprint density at radius 3 is 0.979 bits per heavy atom. The molecule has 0 aliphatic carbocycles. The Hall–Kier alpha value is -0.790. The average Bonchev–Trinajstić information content (AvgIpc) is 3.59. The Kier molecular flexibility index (Phi) is 33.9. The van der Waals surface area contributed by atoms with E-state index in [1.165, 1.54) is 238 Å². The number of nitrogens with zero attached hydrogens (tertiary/aromatic N) is 1. The van der Waals surface area contributed by atoms with Crippen LogP contribution < -0.4 is 4.57 Å². The van der Waals surface area contributed by atoms with Crippen molar-refractivity contribution in [2.75, 3.05) is 0 Å². The van der Waals surface area contributed by atoms with Crippen LogP contribution in [0, 0.1) is 0 Å². The Labute approximate surface area is 304 Å². The molecule has 0 aromatic carbocycles. The second-order valence-corrected chi connectivity index (χ2v) is 16.1. The van der Waals surface area contributed by atoms with Gasteiger partial charge in [-0.25, -0.2) is 9.55 Å². The van der Waals surface area contributed by atoms with Gasteiger partial charge in [0.15, 0.2) is 0 Å². The maximum absolute atomic E-state index is 3.78. The van der Waals surface area contributed by atoms with Crippen molar-refractivity contribution in [3.63, 3.8) is 0 Å². The van der Waals surface area contributed by atoms with Crippen molar-refractivity contribution in [1.82, 2.24) is 4.98 Å². The molecule has 0 aliphatic rings. The lowest BCUT2D eigenvalue weighted by atomic mass is 9.92. The van der Waals surface area contributed by atoms with Gasteiger partial charge in [0.2, 0.25) is 0 Å². The van der Waals surface area contributed by atoms with E-state index in [1.807, 2.05) is 0 Å². The van der Waals surface area contributed by atoms with E-state index in [2.05, 4.69) is 49.6 Å². The monoisotopic (exact) mass is 672 g/mol. The van der Waals surface area contributed by atoms with Crippen LogP contribution in [0.3, 0.4) is 0 Å². The third kappa shape index (κ3) is 27.0. The number of aromatic amines is 1. The summed E-state index contributed by atoms with van der Waals surface area (Å²) >= 11 is 0. The SMILES string of the molecule is CCCCCCCCCCCCCCC(C)[n+]1cc[nH]c1C(CCCCCCCCCCCCC)CCCCCCCCCCCCC. The van der Waals surface area contributed by atoms with Crippen LogP contribution in [0.15, 0.2) is 12.4 Å². The Bertz CT molecular complexity index is 712. The topological polar surface area (TPSA) is 19.7 Å².